The number of furan rings is 1. The van der Waals surface area contributed by atoms with Crippen LogP contribution in [0, 0.1) is 0 Å². The van der Waals surface area contributed by atoms with Gasteiger partial charge in [-0.2, -0.15) is 0 Å². The van der Waals surface area contributed by atoms with Crippen molar-refractivity contribution in [3.8, 4) is 0 Å². The van der Waals surface area contributed by atoms with Gasteiger partial charge >= 0.3 is 0 Å². The van der Waals surface area contributed by atoms with E-state index in [1.54, 1.807) is 12.1 Å². The minimum absolute atomic E-state index is 0.00694. The third kappa shape index (κ3) is 0.810. The van der Waals surface area contributed by atoms with Crippen molar-refractivity contribution in [3.05, 3.63) is 24.2 Å². The molecule has 2 nitrogen and oxygen atoms in total. The first-order valence-electron chi connectivity index (χ1n) is 2.06. The summed E-state index contributed by atoms with van der Waals surface area (Å²) >= 11 is 0. The highest BCUT2D eigenvalue weighted by Crippen LogP contribution is 1.96. The van der Waals surface area contributed by atoms with Crippen molar-refractivity contribution >= 4 is 0 Å². The maximum absolute atomic E-state index is 8.33. The topological polar surface area (TPSA) is 33.4 Å². The predicted molar refractivity (Wildman–Crippen MR) is 24.6 cm³/mol. The van der Waals surface area contributed by atoms with Gasteiger partial charge in [0.05, 0.1) is 6.26 Å². The van der Waals surface area contributed by atoms with Gasteiger partial charge in [0.25, 0.3) is 0 Å². The van der Waals surface area contributed by atoms with Crippen molar-refractivity contribution in [2.75, 3.05) is 0 Å². The van der Waals surface area contributed by atoms with Crippen molar-refractivity contribution in [1.82, 2.24) is 0 Å². The second-order valence-corrected chi connectivity index (χ2v) is 1.24. The zero-order valence-corrected chi connectivity index (χ0v) is 3.79. The lowest BCUT2D eigenvalue weighted by molar-refractivity contribution is 0.247. The molecule has 1 aromatic heterocycles. The lowest BCUT2D eigenvalue weighted by atomic mass is 10.6. The highest BCUT2D eigenvalue weighted by atomic mass is 16.4. The minimum atomic E-state index is -0.00694. The number of hydrogen-bond acceptors (Lipinski definition) is 2. The van der Waals surface area contributed by atoms with Gasteiger partial charge in [-0.05, 0) is 12.1 Å². The average Bonchev–Trinajstić information content (AvgIpc) is 2.14. The van der Waals surface area contributed by atoms with Gasteiger partial charge in [0, 0.05) is 0 Å². The van der Waals surface area contributed by atoms with E-state index in [2.05, 4.69) is 0 Å². The maximum atomic E-state index is 8.33. The van der Waals surface area contributed by atoms with E-state index in [-0.39, 0.29) is 6.61 Å². The lowest BCUT2D eigenvalue weighted by Gasteiger charge is -1.79. The monoisotopic (exact) mass is 99.0 g/mol. The van der Waals surface area contributed by atoms with Crippen LogP contribution in [0.15, 0.2) is 22.8 Å². The molecule has 0 atom stereocenters. The van der Waals surface area contributed by atoms with Crippen LogP contribution in [0.3, 0.4) is 0 Å². The van der Waals surface area contributed by atoms with E-state index in [1.807, 2.05) is 0 Å². The van der Waals surface area contributed by atoms with Crippen molar-refractivity contribution in [2.45, 2.75) is 6.61 Å². The van der Waals surface area contributed by atoms with Gasteiger partial charge in [0.15, 0.2) is 0 Å². The summed E-state index contributed by atoms with van der Waals surface area (Å²) in [6, 6.07) is 3.46. The van der Waals surface area contributed by atoms with Gasteiger partial charge in [0.2, 0.25) is 0 Å². The van der Waals surface area contributed by atoms with Crippen LogP contribution in [0.1, 0.15) is 5.76 Å². The van der Waals surface area contributed by atoms with Crippen LogP contribution in [0.4, 0.5) is 0 Å². The minimum Gasteiger partial charge on any atom is -0.467 e. The highest BCUT2D eigenvalue weighted by Gasteiger charge is 1.85. The molecular formula is C5H6O2. The van der Waals surface area contributed by atoms with E-state index in [1.165, 1.54) is 6.26 Å². The standard InChI is InChI=1S/C5H6O2/c6-4-5-2-1-3-7-5/h1-3,6H,4H2/i4+1. The van der Waals surface area contributed by atoms with E-state index < -0.39 is 0 Å². The molecule has 0 aliphatic carbocycles. The molecule has 0 unspecified atom stereocenters. The molecule has 0 saturated carbocycles. The molecule has 0 aromatic carbocycles. The van der Waals surface area contributed by atoms with Gasteiger partial charge in [-0.25, -0.2) is 0 Å². The summed E-state index contributed by atoms with van der Waals surface area (Å²) in [5.41, 5.74) is 0. The molecule has 38 valence electrons. The normalized spacial score (nSPS) is 9.29. The van der Waals surface area contributed by atoms with E-state index in [0.717, 1.165) is 0 Å². The fourth-order valence-electron chi connectivity index (χ4n) is 0.403. The van der Waals surface area contributed by atoms with Gasteiger partial charge in [-0.1, -0.05) is 0 Å². The Balaban J connectivity index is 2.76. The number of hydrogen-bond donors (Lipinski definition) is 1. The molecule has 0 saturated heterocycles. The SMILES string of the molecule is O[13CH2]c1ccco1. The summed E-state index contributed by atoms with van der Waals surface area (Å²) in [6.07, 6.45) is 1.53. The first kappa shape index (κ1) is 4.40. The lowest BCUT2D eigenvalue weighted by Crippen LogP contribution is -1.72. The second-order valence-electron chi connectivity index (χ2n) is 1.24. The molecule has 1 N–H and O–H groups in total. The fourth-order valence-corrected chi connectivity index (χ4v) is 0.403. The molecule has 0 fully saturated rings. The summed E-state index contributed by atoms with van der Waals surface area (Å²) in [5.74, 6) is 0.611. The van der Waals surface area contributed by atoms with E-state index in [4.69, 9.17) is 9.52 Å². The van der Waals surface area contributed by atoms with Crippen LogP contribution >= 0.6 is 0 Å². The predicted octanol–water partition coefficient (Wildman–Crippen LogP) is 0.772. The Morgan fingerprint density at radius 2 is 2.57 bits per heavy atom. The number of aliphatic hydroxyl groups excluding tert-OH is 1. The molecule has 1 rings (SSSR count). The van der Waals surface area contributed by atoms with Crippen molar-refractivity contribution in [1.29, 1.82) is 0 Å². The molecule has 0 spiro atoms. The van der Waals surface area contributed by atoms with E-state index >= 15 is 0 Å². The average molecular weight is 99.1 g/mol. The van der Waals surface area contributed by atoms with Crippen molar-refractivity contribution in [2.24, 2.45) is 0 Å². The summed E-state index contributed by atoms with van der Waals surface area (Å²) in [7, 11) is 0. The van der Waals surface area contributed by atoms with Crippen LogP contribution in [-0.2, 0) is 6.61 Å². The zero-order chi connectivity index (χ0) is 5.11. The molecule has 7 heavy (non-hydrogen) atoms. The van der Waals surface area contributed by atoms with Crippen molar-refractivity contribution < 1.29 is 9.52 Å². The number of rotatable bonds is 1. The Labute approximate surface area is 41.4 Å². The van der Waals surface area contributed by atoms with Crippen LogP contribution in [0.2, 0.25) is 0 Å². The molecule has 2 heteroatoms. The highest BCUT2D eigenvalue weighted by molar-refractivity contribution is 4.95. The van der Waals surface area contributed by atoms with Gasteiger partial charge in [-0.15, -0.1) is 0 Å². The van der Waals surface area contributed by atoms with Gasteiger partial charge < -0.3 is 9.52 Å². The second kappa shape index (κ2) is 1.80. The Kier molecular flexibility index (Phi) is 1.13. The first-order valence-corrected chi connectivity index (χ1v) is 2.06. The Morgan fingerprint density at radius 3 is 2.86 bits per heavy atom. The molecule has 0 radical (unpaired) electrons. The summed E-state index contributed by atoms with van der Waals surface area (Å²) in [6.45, 7) is -0.00694. The molecular weight excluding hydrogens is 93.0 g/mol. The van der Waals surface area contributed by atoms with Crippen LogP contribution in [-0.4, -0.2) is 5.11 Å². The smallest absolute Gasteiger partial charge is 0.129 e. The van der Waals surface area contributed by atoms with E-state index in [0.29, 0.717) is 5.76 Å². The van der Waals surface area contributed by atoms with Crippen LogP contribution in [0.25, 0.3) is 0 Å². The molecule has 0 bridgehead atoms. The quantitative estimate of drug-likeness (QED) is 0.527. The third-order valence-corrected chi connectivity index (χ3v) is 0.736. The van der Waals surface area contributed by atoms with Gasteiger partial charge in [0.1, 0.15) is 12.4 Å². The molecule has 1 aromatic rings. The first-order chi connectivity index (χ1) is 3.43. The van der Waals surface area contributed by atoms with Crippen LogP contribution in [0.5, 0.6) is 0 Å². The Hall–Kier alpha value is -0.760. The summed E-state index contributed by atoms with van der Waals surface area (Å²) in [5, 5.41) is 8.33. The zero-order valence-electron chi connectivity index (χ0n) is 3.79. The third-order valence-electron chi connectivity index (χ3n) is 0.736. The van der Waals surface area contributed by atoms with E-state index in [9.17, 15) is 0 Å². The molecule has 1 heterocycles. The largest absolute Gasteiger partial charge is 0.467 e. The van der Waals surface area contributed by atoms with Crippen LogP contribution < -0.4 is 0 Å². The van der Waals surface area contributed by atoms with Gasteiger partial charge in [-0.3, -0.25) is 0 Å². The maximum Gasteiger partial charge on any atom is 0.129 e. The molecule has 0 amide bonds. The molecule has 0 aliphatic heterocycles. The Bertz CT molecular complexity index is 121. The summed E-state index contributed by atoms with van der Waals surface area (Å²) in [4.78, 5) is 0. The summed E-state index contributed by atoms with van der Waals surface area (Å²) < 4.78 is 4.73. The Morgan fingerprint density at radius 1 is 1.71 bits per heavy atom. The molecule has 0 aliphatic rings. The fraction of sp³-hybridized carbons (Fsp3) is 0.200. The number of aliphatic hydroxyl groups is 1. The van der Waals surface area contributed by atoms with Crippen molar-refractivity contribution in [3.63, 3.8) is 0 Å².